The van der Waals surface area contributed by atoms with E-state index in [1.807, 2.05) is 11.3 Å². The maximum absolute atomic E-state index is 3.48. The van der Waals surface area contributed by atoms with Gasteiger partial charge < -0.3 is 0 Å². The second kappa shape index (κ2) is 7.02. The summed E-state index contributed by atoms with van der Waals surface area (Å²) < 4.78 is 1.25. The zero-order chi connectivity index (χ0) is 9.52. The maximum Gasteiger partial charge on any atom is 0.0701 e. The molecule has 1 heterocycles. The maximum atomic E-state index is 3.48. The van der Waals surface area contributed by atoms with Crippen LogP contribution in [0.2, 0.25) is 0 Å². The van der Waals surface area contributed by atoms with Crippen molar-refractivity contribution in [3.63, 3.8) is 0 Å². The summed E-state index contributed by atoms with van der Waals surface area (Å²) in [6, 6.07) is 4.36. The van der Waals surface area contributed by atoms with Crippen LogP contribution in [-0.4, -0.2) is 5.33 Å². The number of alkyl halides is 1. The van der Waals surface area contributed by atoms with Crippen LogP contribution in [-0.2, 0) is 6.42 Å². The third-order valence-electron chi connectivity index (χ3n) is 1.94. The van der Waals surface area contributed by atoms with Gasteiger partial charge in [-0.15, -0.1) is 11.3 Å². The Morgan fingerprint density at radius 1 is 1.08 bits per heavy atom. The van der Waals surface area contributed by atoms with Crippen LogP contribution in [0, 0.1) is 0 Å². The minimum absolute atomic E-state index is 1.15. The second-order valence-electron chi connectivity index (χ2n) is 3.06. The van der Waals surface area contributed by atoms with Crippen LogP contribution in [0.15, 0.2) is 15.9 Å². The minimum Gasteiger partial charge on any atom is -0.133 e. The molecule has 0 N–H and O–H groups in total. The quantitative estimate of drug-likeness (QED) is 0.509. The second-order valence-corrected chi connectivity index (χ2v) is 6.40. The lowest BCUT2D eigenvalue weighted by Crippen LogP contribution is -1.82. The Morgan fingerprint density at radius 3 is 2.46 bits per heavy atom. The summed E-state index contributed by atoms with van der Waals surface area (Å²) in [7, 11) is 0. The fraction of sp³-hybridized carbons (Fsp3) is 0.600. The summed E-state index contributed by atoms with van der Waals surface area (Å²) in [5, 5.41) is 1.15. The molecule has 0 amide bonds. The van der Waals surface area contributed by atoms with Crippen LogP contribution < -0.4 is 0 Å². The summed E-state index contributed by atoms with van der Waals surface area (Å²) >= 11 is 8.78. The highest BCUT2D eigenvalue weighted by Crippen LogP contribution is 2.23. The standard InChI is InChI=1S/C10H14Br2S/c11-8-4-2-1-3-5-9-6-7-10(12)13-9/h6-7H,1-5,8H2. The topological polar surface area (TPSA) is 0 Å². The van der Waals surface area contributed by atoms with Crippen molar-refractivity contribution in [3.05, 3.63) is 20.8 Å². The van der Waals surface area contributed by atoms with Crippen molar-refractivity contribution in [2.45, 2.75) is 32.1 Å². The van der Waals surface area contributed by atoms with Crippen LogP contribution in [0.3, 0.4) is 0 Å². The van der Waals surface area contributed by atoms with Gasteiger partial charge in [-0.05, 0) is 47.3 Å². The Hall–Kier alpha value is 0.660. The average Bonchev–Trinajstić information content (AvgIpc) is 2.51. The van der Waals surface area contributed by atoms with E-state index in [9.17, 15) is 0 Å². The molecule has 1 rings (SSSR count). The highest BCUT2D eigenvalue weighted by molar-refractivity contribution is 9.11. The molecular weight excluding hydrogens is 312 g/mol. The zero-order valence-electron chi connectivity index (χ0n) is 7.56. The molecule has 0 aromatic carbocycles. The number of thiophene rings is 1. The number of hydrogen-bond acceptors (Lipinski definition) is 1. The monoisotopic (exact) mass is 324 g/mol. The lowest BCUT2D eigenvalue weighted by Gasteiger charge is -1.97. The lowest BCUT2D eigenvalue weighted by molar-refractivity contribution is 0.675. The van der Waals surface area contributed by atoms with E-state index in [0.717, 1.165) is 5.33 Å². The zero-order valence-corrected chi connectivity index (χ0v) is 11.6. The van der Waals surface area contributed by atoms with Gasteiger partial charge in [-0.1, -0.05) is 28.8 Å². The van der Waals surface area contributed by atoms with Crippen LogP contribution in [0.5, 0.6) is 0 Å². The summed E-state index contributed by atoms with van der Waals surface area (Å²) in [6.07, 6.45) is 6.62. The summed E-state index contributed by atoms with van der Waals surface area (Å²) in [4.78, 5) is 1.51. The van der Waals surface area contributed by atoms with Crippen molar-refractivity contribution < 1.29 is 0 Å². The van der Waals surface area contributed by atoms with Crippen molar-refractivity contribution in [3.8, 4) is 0 Å². The van der Waals surface area contributed by atoms with E-state index in [2.05, 4.69) is 44.0 Å². The molecule has 0 fully saturated rings. The first-order chi connectivity index (χ1) is 6.33. The van der Waals surface area contributed by atoms with Gasteiger partial charge in [0, 0.05) is 10.2 Å². The number of rotatable bonds is 6. The predicted octanol–water partition coefficient (Wildman–Crippen LogP) is 5.01. The van der Waals surface area contributed by atoms with Crippen LogP contribution in [0.4, 0.5) is 0 Å². The highest BCUT2D eigenvalue weighted by Gasteiger charge is 1.97. The van der Waals surface area contributed by atoms with Gasteiger partial charge in [0.15, 0.2) is 0 Å². The molecule has 0 unspecified atom stereocenters. The molecular formula is C10H14Br2S. The SMILES string of the molecule is BrCCCCCCc1ccc(Br)s1. The number of hydrogen-bond donors (Lipinski definition) is 0. The van der Waals surface area contributed by atoms with Gasteiger partial charge in [-0.3, -0.25) is 0 Å². The van der Waals surface area contributed by atoms with E-state index < -0.39 is 0 Å². The third kappa shape index (κ3) is 5.18. The van der Waals surface area contributed by atoms with Gasteiger partial charge in [-0.25, -0.2) is 0 Å². The Balaban J connectivity index is 2.06. The molecule has 1 aromatic heterocycles. The number of aryl methyl sites for hydroxylation is 1. The molecule has 0 aliphatic rings. The number of halogens is 2. The summed E-state index contributed by atoms with van der Waals surface area (Å²) in [6.45, 7) is 0. The van der Waals surface area contributed by atoms with Crippen molar-refractivity contribution >= 4 is 43.2 Å². The van der Waals surface area contributed by atoms with Crippen LogP contribution in [0.1, 0.15) is 30.6 Å². The summed E-state index contributed by atoms with van der Waals surface area (Å²) in [5.74, 6) is 0. The first kappa shape index (κ1) is 11.7. The molecule has 0 saturated heterocycles. The Morgan fingerprint density at radius 2 is 1.85 bits per heavy atom. The molecule has 0 bridgehead atoms. The normalized spacial score (nSPS) is 10.6. The first-order valence-electron chi connectivity index (χ1n) is 4.63. The van der Waals surface area contributed by atoms with Gasteiger partial charge in [0.25, 0.3) is 0 Å². The largest absolute Gasteiger partial charge is 0.133 e. The van der Waals surface area contributed by atoms with Crippen molar-refractivity contribution in [2.75, 3.05) is 5.33 Å². The fourth-order valence-corrected chi connectivity index (χ4v) is 3.15. The molecule has 0 radical (unpaired) electrons. The Labute approximate surface area is 101 Å². The minimum atomic E-state index is 1.15. The Bertz CT molecular complexity index is 233. The third-order valence-corrected chi connectivity index (χ3v) is 4.18. The molecule has 13 heavy (non-hydrogen) atoms. The van der Waals surface area contributed by atoms with Crippen molar-refractivity contribution in [2.24, 2.45) is 0 Å². The number of unbranched alkanes of at least 4 members (excludes halogenated alkanes) is 3. The molecule has 0 saturated carbocycles. The summed E-state index contributed by atoms with van der Waals surface area (Å²) in [5.41, 5.74) is 0. The molecule has 1 aromatic rings. The van der Waals surface area contributed by atoms with Crippen LogP contribution >= 0.6 is 43.2 Å². The van der Waals surface area contributed by atoms with Crippen molar-refractivity contribution in [1.29, 1.82) is 0 Å². The molecule has 0 spiro atoms. The first-order valence-corrected chi connectivity index (χ1v) is 7.36. The van der Waals surface area contributed by atoms with E-state index in [1.165, 1.54) is 40.8 Å². The molecule has 0 aliphatic heterocycles. The average molecular weight is 326 g/mol. The van der Waals surface area contributed by atoms with Gasteiger partial charge in [-0.2, -0.15) is 0 Å². The van der Waals surface area contributed by atoms with Gasteiger partial charge in [0.2, 0.25) is 0 Å². The fourth-order valence-electron chi connectivity index (χ4n) is 1.23. The van der Waals surface area contributed by atoms with Gasteiger partial charge in [0.05, 0.1) is 3.79 Å². The molecule has 0 atom stereocenters. The van der Waals surface area contributed by atoms with Gasteiger partial charge >= 0.3 is 0 Å². The Kier molecular flexibility index (Phi) is 6.33. The van der Waals surface area contributed by atoms with E-state index in [0.29, 0.717) is 0 Å². The molecule has 0 aliphatic carbocycles. The smallest absolute Gasteiger partial charge is 0.0701 e. The molecule has 74 valence electrons. The van der Waals surface area contributed by atoms with E-state index in [-0.39, 0.29) is 0 Å². The molecule has 3 heteroatoms. The van der Waals surface area contributed by atoms with Gasteiger partial charge in [0.1, 0.15) is 0 Å². The highest BCUT2D eigenvalue weighted by atomic mass is 79.9. The van der Waals surface area contributed by atoms with Crippen molar-refractivity contribution in [1.82, 2.24) is 0 Å². The van der Waals surface area contributed by atoms with Crippen LogP contribution in [0.25, 0.3) is 0 Å². The van der Waals surface area contributed by atoms with E-state index >= 15 is 0 Å². The molecule has 0 nitrogen and oxygen atoms in total. The lowest BCUT2D eigenvalue weighted by atomic mass is 10.1. The van der Waals surface area contributed by atoms with E-state index in [1.54, 1.807) is 0 Å². The van der Waals surface area contributed by atoms with E-state index in [4.69, 9.17) is 0 Å². The predicted molar refractivity (Wildman–Crippen MR) is 68.0 cm³/mol.